The zero-order valence-electron chi connectivity index (χ0n) is 10.4. The molecule has 0 aromatic carbocycles. The summed E-state index contributed by atoms with van der Waals surface area (Å²) in [6.45, 7) is 2.61. The minimum atomic E-state index is 0.303. The van der Waals surface area contributed by atoms with Crippen LogP contribution < -0.4 is 5.32 Å². The van der Waals surface area contributed by atoms with Gasteiger partial charge in [0.1, 0.15) is 0 Å². The third-order valence-corrected chi connectivity index (χ3v) is 4.22. The molecular formula is C14H25NO. The molecule has 0 saturated heterocycles. The molecule has 1 fully saturated rings. The molecule has 2 N–H and O–H groups in total. The van der Waals surface area contributed by atoms with Crippen molar-refractivity contribution >= 4 is 0 Å². The van der Waals surface area contributed by atoms with E-state index >= 15 is 0 Å². The van der Waals surface area contributed by atoms with Crippen LogP contribution in [-0.2, 0) is 0 Å². The number of aliphatic hydroxyl groups excluding tert-OH is 1. The molecular weight excluding hydrogens is 198 g/mol. The summed E-state index contributed by atoms with van der Waals surface area (Å²) in [5.74, 6) is 1.33. The molecule has 0 heterocycles. The van der Waals surface area contributed by atoms with Gasteiger partial charge in [0.15, 0.2) is 0 Å². The lowest BCUT2D eigenvalue weighted by molar-refractivity contribution is 0.234. The van der Waals surface area contributed by atoms with E-state index in [4.69, 9.17) is 5.11 Å². The lowest BCUT2D eigenvalue weighted by Crippen LogP contribution is -2.39. The Morgan fingerprint density at radius 1 is 1.25 bits per heavy atom. The van der Waals surface area contributed by atoms with Gasteiger partial charge >= 0.3 is 0 Å². The fraction of sp³-hybridized carbons (Fsp3) is 0.857. The molecule has 2 aliphatic rings. The van der Waals surface area contributed by atoms with Gasteiger partial charge in [-0.15, -0.1) is 0 Å². The lowest BCUT2D eigenvalue weighted by atomic mass is 9.84. The quantitative estimate of drug-likeness (QED) is 0.718. The fourth-order valence-corrected chi connectivity index (χ4v) is 3.15. The molecule has 0 aromatic heterocycles. The SMILES string of the molecule is CC[C@@H]1CCC[C@H](N[C@@H]2C=C[C@H](CO)C2)C1. The molecule has 2 aliphatic carbocycles. The largest absolute Gasteiger partial charge is 0.396 e. The van der Waals surface area contributed by atoms with E-state index in [9.17, 15) is 0 Å². The Bertz CT molecular complexity index is 239. The maximum Gasteiger partial charge on any atom is 0.0494 e. The van der Waals surface area contributed by atoms with Crippen molar-refractivity contribution in [2.24, 2.45) is 11.8 Å². The van der Waals surface area contributed by atoms with Gasteiger partial charge in [-0.25, -0.2) is 0 Å². The van der Waals surface area contributed by atoms with Crippen molar-refractivity contribution < 1.29 is 5.11 Å². The highest BCUT2D eigenvalue weighted by atomic mass is 16.3. The van der Waals surface area contributed by atoms with Gasteiger partial charge in [0.2, 0.25) is 0 Å². The second-order valence-corrected chi connectivity index (χ2v) is 5.47. The maximum atomic E-state index is 9.09. The van der Waals surface area contributed by atoms with Crippen LogP contribution >= 0.6 is 0 Å². The first-order valence-electron chi connectivity index (χ1n) is 6.87. The summed E-state index contributed by atoms with van der Waals surface area (Å²) < 4.78 is 0. The molecule has 2 heteroatoms. The molecule has 16 heavy (non-hydrogen) atoms. The number of nitrogens with one attached hydrogen (secondary N) is 1. The summed E-state index contributed by atoms with van der Waals surface area (Å²) in [5, 5.41) is 12.8. The van der Waals surface area contributed by atoms with Crippen molar-refractivity contribution in [2.45, 2.75) is 57.5 Å². The van der Waals surface area contributed by atoms with E-state index in [0.717, 1.165) is 12.3 Å². The fourth-order valence-electron chi connectivity index (χ4n) is 3.15. The van der Waals surface area contributed by atoms with Crippen molar-refractivity contribution in [3.05, 3.63) is 12.2 Å². The zero-order valence-corrected chi connectivity index (χ0v) is 10.4. The van der Waals surface area contributed by atoms with Crippen LogP contribution in [0.4, 0.5) is 0 Å². The van der Waals surface area contributed by atoms with Gasteiger partial charge in [-0.2, -0.15) is 0 Å². The molecule has 4 atom stereocenters. The van der Waals surface area contributed by atoms with Crippen LogP contribution in [-0.4, -0.2) is 23.8 Å². The second kappa shape index (κ2) is 5.83. The molecule has 0 radical (unpaired) electrons. The van der Waals surface area contributed by atoms with E-state index in [1.165, 1.54) is 32.1 Å². The highest BCUT2D eigenvalue weighted by molar-refractivity contribution is 5.06. The van der Waals surface area contributed by atoms with E-state index in [0.29, 0.717) is 24.6 Å². The van der Waals surface area contributed by atoms with Crippen LogP contribution in [0.2, 0.25) is 0 Å². The number of rotatable bonds is 4. The highest BCUT2D eigenvalue weighted by Crippen LogP contribution is 2.28. The van der Waals surface area contributed by atoms with E-state index in [1.807, 2.05) is 0 Å². The van der Waals surface area contributed by atoms with E-state index in [2.05, 4.69) is 24.4 Å². The molecule has 0 amide bonds. The first kappa shape index (κ1) is 12.1. The monoisotopic (exact) mass is 223 g/mol. The van der Waals surface area contributed by atoms with Gasteiger partial charge in [0.25, 0.3) is 0 Å². The standard InChI is InChI=1S/C14H25NO/c1-2-11-4-3-5-13(8-11)15-14-7-6-12(9-14)10-16/h6-7,11-16H,2-5,8-10H2,1H3/t11-,12+,13+,14-/m1/s1. The van der Waals surface area contributed by atoms with Crippen LogP contribution in [0.15, 0.2) is 12.2 Å². The van der Waals surface area contributed by atoms with E-state index in [-0.39, 0.29) is 0 Å². The molecule has 0 spiro atoms. The summed E-state index contributed by atoms with van der Waals surface area (Å²) in [6, 6.07) is 1.23. The average molecular weight is 223 g/mol. The molecule has 2 rings (SSSR count). The lowest BCUT2D eigenvalue weighted by Gasteiger charge is -2.31. The molecule has 2 nitrogen and oxygen atoms in total. The Morgan fingerprint density at radius 3 is 2.81 bits per heavy atom. The van der Waals surface area contributed by atoms with Crippen LogP contribution in [0.3, 0.4) is 0 Å². The molecule has 0 aromatic rings. The highest BCUT2D eigenvalue weighted by Gasteiger charge is 2.25. The molecule has 0 aliphatic heterocycles. The van der Waals surface area contributed by atoms with Gasteiger partial charge in [-0.1, -0.05) is 38.3 Å². The van der Waals surface area contributed by atoms with Crippen molar-refractivity contribution in [3.63, 3.8) is 0 Å². The average Bonchev–Trinajstić information content (AvgIpc) is 2.77. The second-order valence-electron chi connectivity index (χ2n) is 5.47. The topological polar surface area (TPSA) is 32.3 Å². The predicted molar refractivity (Wildman–Crippen MR) is 67.3 cm³/mol. The number of hydrogen-bond acceptors (Lipinski definition) is 2. The van der Waals surface area contributed by atoms with Crippen molar-refractivity contribution in [3.8, 4) is 0 Å². The summed E-state index contributed by atoms with van der Waals surface area (Å²) in [4.78, 5) is 0. The first-order chi connectivity index (χ1) is 7.81. The Labute approximate surface area is 99.1 Å². The third kappa shape index (κ3) is 3.08. The van der Waals surface area contributed by atoms with Gasteiger partial charge < -0.3 is 10.4 Å². The van der Waals surface area contributed by atoms with E-state index in [1.54, 1.807) is 0 Å². The molecule has 0 bridgehead atoms. The van der Waals surface area contributed by atoms with Crippen molar-refractivity contribution in [1.29, 1.82) is 0 Å². The summed E-state index contributed by atoms with van der Waals surface area (Å²) in [5.41, 5.74) is 0. The van der Waals surface area contributed by atoms with Gasteiger partial charge in [0.05, 0.1) is 0 Å². The maximum absolute atomic E-state index is 9.09. The Hall–Kier alpha value is -0.340. The third-order valence-electron chi connectivity index (χ3n) is 4.22. The Kier molecular flexibility index (Phi) is 4.42. The normalized spacial score (nSPS) is 39.1. The van der Waals surface area contributed by atoms with Crippen molar-refractivity contribution in [1.82, 2.24) is 5.32 Å². The smallest absolute Gasteiger partial charge is 0.0494 e. The summed E-state index contributed by atoms with van der Waals surface area (Å²) in [6.07, 6.45) is 12.3. The number of aliphatic hydroxyl groups is 1. The zero-order chi connectivity index (χ0) is 11.4. The minimum Gasteiger partial charge on any atom is -0.396 e. The van der Waals surface area contributed by atoms with Crippen molar-refractivity contribution in [2.75, 3.05) is 6.61 Å². The first-order valence-corrected chi connectivity index (χ1v) is 6.87. The molecule has 92 valence electrons. The molecule has 0 unspecified atom stereocenters. The van der Waals surface area contributed by atoms with Gasteiger partial charge in [0, 0.05) is 24.6 Å². The Balaban J connectivity index is 1.75. The summed E-state index contributed by atoms with van der Waals surface area (Å²) in [7, 11) is 0. The van der Waals surface area contributed by atoms with Crippen LogP contribution in [0.1, 0.15) is 45.4 Å². The van der Waals surface area contributed by atoms with Crippen LogP contribution in [0.5, 0.6) is 0 Å². The molecule has 1 saturated carbocycles. The van der Waals surface area contributed by atoms with E-state index < -0.39 is 0 Å². The minimum absolute atomic E-state index is 0.303. The summed E-state index contributed by atoms with van der Waals surface area (Å²) >= 11 is 0. The Morgan fingerprint density at radius 2 is 2.12 bits per heavy atom. The number of hydrogen-bond donors (Lipinski definition) is 2. The predicted octanol–water partition coefficient (Wildman–Crippen LogP) is 2.48. The van der Waals surface area contributed by atoms with Gasteiger partial charge in [-0.3, -0.25) is 0 Å². The van der Waals surface area contributed by atoms with Crippen LogP contribution in [0, 0.1) is 11.8 Å². The van der Waals surface area contributed by atoms with Gasteiger partial charge in [-0.05, 0) is 25.2 Å². The van der Waals surface area contributed by atoms with Crippen LogP contribution in [0.25, 0.3) is 0 Å².